The molecule has 0 radical (unpaired) electrons. The summed E-state index contributed by atoms with van der Waals surface area (Å²) in [4.78, 5) is 32.1. The van der Waals surface area contributed by atoms with Crippen molar-refractivity contribution in [3.05, 3.63) is 88.0 Å². The lowest BCUT2D eigenvalue weighted by Crippen LogP contribution is -2.40. The summed E-state index contributed by atoms with van der Waals surface area (Å²) < 4.78 is 19.4. The summed E-state index contributed by atoms with van der Waals surface area (Å²) in [5.74, 6) is 0.630. The number of hydrogen-bond donors (Lipinski definition) is 0. The molecule has 37 heavy (non-hydrogen) atoms. The van der Waals surface area contributed by atoms with Crippen molar-refractivity contribution >= 4 is 50.9 Å². The van der Waals surface area contributed by atoms with Crippen LogP contribution in [0.4, 0.5) is 0 Å². The molecule has 0 saturated heterocycles. The maximum Gasteiger partial charge on any atom is 0.338 e. The summed E-state index contributed by atoms with van der Waals surface area (Å²) in [6, 6.07) is 10.0. The second-order valence-electron chi connectivity index (χ2n) is 8.55. The quantitative estimate of drug-likeness (QED) is 0.354. The number of ether oxygens (including phenoxy) is 3. The minimum Gasteiger partial charge on any atom is -0.492 e. The predicted molar refractivity (Wildman–Crippen MR) is 148 cm³/mol. The van der Waals surface area contributed by atoms with E-state index >= 15 is 0 Å². The van der Waals surface area contributed by atoms with Gasteiger partial charge in [0.15, 0.2) is 16.3 Å². The second-order valence-corrected chi connectivity index (χ2v) is 10.9. The van der Waals surface area contributed by atoms with E-state index in [4.69, 9.17) is 25.8 Å². The van der Waals surface area contributed by atoms with Gasteiger partial charge in [-0.2, -0.15) is 0 Å². The molecule has 0 spiro atoms. The van der Waals surface area contributed by atoms with Gasteiger partial charge in [0.2, 0.25) is 0 Å². The van der Waals surface area contributed by atoms with Crippen molar-refractivity contribution < 1.29 is 19.0 Å². The zero-order chi connectivity index (χ0) is 26.9. The van der Waals surface area contributed by atoms with Gasteiger partial charge in [-0.15, -0.1) is 0 Å². The highest BCUT2D eigenvalue weighted by Crippen LogP contribution is 2.37. The van der Waals surface area contributed by atoms with Crippen LogP contribution in [0.3, 0.4) is 0 Å². The average Bonchev–Trinajstić information content (AvgIpc) is 3.12. The topological polar surface area (TPSA) is 79.1 Å². The van der Waals surface area contributed by atoms with Crippen molar-refractivity contribution in [3.8, 4) is 11.5 Å². The number of halogens is 2. The summed E-state index contributed by atoms with van der Waals surface area (Å²) >= 11 is 10.9. The Hall–Kier alpha value is -2.88. The van der Waals surface area contributed by atoms with E-state index in [-0.39, 0.29) is 11.7 Å². The molecule has 7 nitrogen and oxygen atoms in total. The van der Waals surface area contributed by atoms with Gasteiger partial charge in [0.05, 0.1) is 46.1 Å². The molecule has 0 N–H and O–H groups in total. The molecule has 1 aromatic heterocycles. The maximum absolute atomic E-state index is 13.8. The number of aromatic nitrogens is 1. The first kappa shape index (κ1) is 27.2. The van der Waals surface area contributed by atoms with Crippen molar-refractivity contribution in [2.45, 2.75) is 39.8 Å². The Labute approximate surface area is 231 Å². The zero-order valence-corrected chi connectivity index (χ0v) is 24.2. The number of thiazole rings is 1. The van der Waals surface area contributed by atoms with Crippen LogP contribution in [-0.2, 0) is 9.53 Å². The van der Waals surface area contributed by atoms with E-state index in [2.05, 4.69) is 20.9 Å². The molecule has 10 heteroatoms. The number of fused-ring (bicyclic) bond motifs is 1. The number of rotatable bonds is 7. The van der Waals surface area contributed by atoms with Crippen molar-refractivity contribution in [1.29, 1.82) is 0 Å². The number of nitrogens with zero attached hydrogens (tertiary/aromatic N) is 2. The van der Waals surface area contributed by atoms with Crippen LogP contribution in [0.1, 0.15) is 44.9 Å². The number of carbonyl (C=O) groups excluding carboxylic acids is 1. The molecule has 0 bridgehead atoms. The number of hydrogen-bond acceptors (Lipinski definition) is 7. The Bertz CT molecular complexity index is 1560. The van der Waals surface area contributed by atoms with Gasteiger partial charge in [-0.3, -0.25) is 9.36 Å². The van der Waals surface area contributed by atoms with Crippen molar-refractivity contribution in [3.63, 3.8) is 0 Å². The second kappa shape index (κ2) is 11.2. The summed E-state index contributed by atoms with van der Waals surface area (Å²) in [5, 5.41) is 0.554. The molecule has 1 aliphatic heterocycles. The van der Waals surface area contributed by atoms with Crippen LogP contribution in [0, 0.1) is 0 Å². The van der Waals surface area contributed by atoms with Crippen LogP contribution < -0.4 is 24.4 Å². The Morgan fingerprint density at radius 2 is 1.97 bits per heavy atom. The van der Waals surface area contributed by atoms with Crippen LogP contribution in [0.2, 0.25) is 5.02 Å². The third kappa shape index (κ3) is 5.54. The first-order valence-corrected chi connectivity index (χ1v) is 13.6. The van der Waals surface area contributed by atoms with Gasteiger partial charge in [0, 0.05) is 5.02 Å². The first-order valence-electron chi connectivity index (χ1n) is 11.6. The van der Waals surface area contributed by atoms with Gasteiger partial charge in [0.1, 0.15) is 0 Å². The predicted octanol–water partition coefficient (Wildman–Crippen LogP) is 5.01. The van der Waals surface area contributed by atoms with Crippen LogP contribution in [0.15, 0.2) is 61.9 Å². The highest BCUT2D eigenvalue weighted by molar-refractivity contribution is 9.10. The molecule has 0 amide bonds. The third-order valence-corrected chi connectivity index (χ3v) is 7.43. The van der Waals surface area contributed by atoms with Crippen LogP contribution in [0.5, 0.6) is 11.5 Å². The van der Waals surface area contributed by atoms with Gasteiger partial charge in [-0.05, 0) is 85.1 Å². The van der Waals surface area contributed by atoms with Gasteiger partial charge >= 0.3 is 5.97 Å². The summed E-state index contributed by atoms with van der Waals surface area (Å²) in [5.41, 5.74) is 2.04. The van der Waals surface area contributed by atoms with Crippen molar-refractivity contribution in [1.82, 2.24) is 4.57 Å². The fourth-order valence-electron chi connectivity index (χ4n) is 4.10. The van der Waals surface area contributed by atoms with Gasteiger partial charge in [-0.1, -0.05) is 35.1 Å². The lowest BCUT2D eigenvalue weighted by molar-refractivity contribution is -0.143. The molecule has 0 aliphatic carbocycles. The third-order valence-electron chi connectivity index (χ3n) is 5.60. The largest absolute Gasteiger partial charge is 0.492 e. The highest BCUT2D eigenvalue weighted by atomic mass is 79.9. The minimum absolute atomic E-state index is 0.268. The molecule has 0 unspecified atom stereocenters. The molecular formula is C27H26BrClN2O5S. The molecular weight excluding hydrogens is 580 g/mol. The van der Waals surface area contributed by atoms with Gasteiger partial charge < -0.3 is 14.2 Å². The SMILES string of the molecule is CCOc1cc(/C=c2\sc3n(c2=O)[C@H](c2ccc(Cl)cc2)C(C(=O)OC(C)C)=C(C)N=3)cc(Br)c1OC. The zero-order valence-electron chi connectivity index (χ0n) is 21.0. The minimum atomic E-state index is -0.705. The Kier molecular flexibility index (Phi) is 8.26. The van der Waals surface area contributed by atoms with Crippen LogP contribution in [-0.4, -0.2) is 30.4 Å². The number of carbonyl (C=O) groups is 1. The van der Waals surface area contributed by atoms with Gasteiger partial charge in [0.25, 0.3) is 5.56 Å². The van der Waals surface area contributed by atoms with Crippen molar-refractivity contribution in [2.24, 2.45) is 4.99 Å². The van der Waals surface area contributed by atoms with E-state index < -0.39 is 12.0 Å². The Morgan fingerprint density at radius 1 is 1.27 bits per heavy atom. The van der Waals surface area contributed by atoms with E-state index in [0.29, 0.717) is 48.2 Å². The number of allylic oxidation sites excluding steroid dienone is 1. The first-order chi connectivity index (χ1) is 17.6. The lowest BCUT2D eigenvalue weighted by Gasteiger charge is -2.25. The number of methoxy groups -OCH3 is 1. The van der Waals surface area contributed by atoms with E-state index in [9.17, 15) is 9.59 Å². The Balaban J connectivity index is 1.92. The van der Waals surface area contributed by atoms with Crippen molar-refractivity contribution in [2.75, 3.05) is 13.7 Å². The molecule has 3 aromatic rings. The molecule has 1 aliphatic rings. The number of esters is 1. The molecule has 4 rings (SSSR count). The smallest absolute Gasteiger partial charge is 0.338 e. The standard InChI is InChI=1S/C27H26BrClN2O5S/c1-6-35-20-12-16(11-19(28)24(20)34-5)13-21-25(32)31-23(17-7-9-18(29)10-8-17)22(26(33)36-14(2)3)15(4)30-27(31)37-21/h7-14,23H,6H2,1-5H3/b21-13-/t23-/m1/s1. The molecule has 1 atom stereocenters. The fourth-order valence-corrected chi connectivity index (χ4v) is 5.90. The van der Waals surface area contributed by atoms with E-state index in [0.717, 1.165) is 11.1 Å². The summed E-state index contributed by atoms with van der Waals surface area (Å²) in [6.45, 7) is 7.67. The molecule has 194 valence electrons. The van der Waals surface area contributed by atoms with E-state index in [1.165, 1.54) is 11.3 Å². The monoisotopic (exact) mass is 604 g/mol. The molecule has 0 saturated carbocycles. The lowest BCUT2D eigenvalue weighted by atomic mass is 9.96. The molecule has 2 heterocycles. The highest BCUT2D eigenvalue weighted by Gasteiger charge is 2.33. The van der Waals surface area contributed by atoms with Crippen LogP contribution in [0.25, 0.3) is 6.08 Å². The number of benzene rings is 2. The van der Waals surface area contributed by atoms with Crippen LogP contribution >= 0.6 is 38.9 Å². The Morgan fingerprint density at radius 3 is 2.59 bits per heavy atom. The van der Waals surface area contributed by atoms with E-state index in [1.807, 2.05) is 19.1 Å². The van der Waals surface area contributed by atoms with E-state index in [1.54, 1.807) is 62.8 Å². The molecule has 2 aromatic carbocycles. The average molecular weight is 606 g/mol. The summed E-state index contributed by atoms with van der Waals surface area (Å²) in [6.07, 6.45) is 1.46. The van der Waals surface area contributed by atoms with Gasteiger partial charge in [-0.25, -0.2) is 9.79 Å². The normalized spacial score (nSPS) is 15.5. The molecule has 0 fully saturated rings. The summed E-state index contributed by atoms with van der Waals surface area (Å²) in [7, 11) is 1.57. The fraction of sp³-hybridized carbons (Fsp3) is 0.296. The maximum atomic E-state index is 13.8.